The van der Waals surface area contributed by atoms with Crippen molar-refractivity contribution in [1.29, 1.82) is 0 Å². The van der Waals surface area contributed by atoms with Crippen LogP contribution in [0.15, 0.2) is 48.5 Å². The van der Waals surface area contributed by atoms with Gasteiger partial charge in [-0.3, -0.25) is 4.79 Å². The van der Waals surface area contributed by atoms with Gasteiger partial charge < -0.3 is 5.32 Å². The Labute approximate surface area is 161 Å². The number of benzene rings is 2. The van der Waals surface area contributed by atoms with E-state index >= 15 is 0 Å². The van der Waals surface area contributed by atoms with E-state index in [-0.39, 0.29) is 17.8 Å². The Bertz CT molecular complexity index is 911. The second-order valence-corrected chi connectivity index (χ2v) is 6.58. The van der Waals surface area contributed by atoms with Gasteiger partial charge in [-0.15, -0.1) is 10.2 Å². The van der Waals surface area contributed by atoms with E-state index in [2.05, 4.69) is 20.7 Å². The maximum atomic E-state index is 13.1. The van der Waals surface area contributed by atoms with E-state index < -0.39 is 6.04 Å². The van der Waals surface area contributed by atoms with E-state index in [1.54, 1.807) is 36.4 Å². The van der Waals surface area contributed by atoms with Gasteiger partial charge in [-0.1, -0.05) is 30.7 Å². The van der Waals surface area contributed by atoms with Gasteiger partial charge in [0.25, 0.3) is 0 Å². The van der Waals surface area contributed by atoms with Gasteiger partial charge in [-0.25, -0.2) is 4.39 Å². The number of carbonyl (C=O) groups excluding carboxylic acids is 1. The summed E-state index contributed by atoms with van der Waals surface area (Å²) in [7, 11) is 0. The molecular formula is C19H19ClFN5O. The topological polar surface area (TPSA) is 72.7 Å². The fourth-order valence-electron chi connectivity index (χ4n) is 2.67. The number of aromatic nitrogens is 4. The van der Waals surface area contributed by atoms with Crippen molar-refractivity contribution in [2.24, 2.45) is 0 Å². The lowest BCUT2D eigenvalue weighted by molar-refractivity contribution is -0.125. The molecule has 0 saturated heterocycles. The van der Waals surface area contributed by atoms with Crippen molar-refractivity contribution in [2.75, 3.05) is 0 Å². The molecule has 1 amide bonds. The van der Waals surface area contributed by atoms with Crippen LogP contribution in [0.4, 0.5) is 4.39 Å². The van der Waals surface area contributed by atoms with Crippen molar-refractivity contribution >= 4 is 17.5 Å². The molecule has 1 heterocycles. The van der Waals surface area contributed by atoms with Gasteiger partial charge in [-0.05, 0) is 60.5 Å². The third-order valence-corrected chi connectivity index (χ3v) is 4.48. The second-order valence-electron chi connectivity index (χ2n) is 6.15. The Morgan fingerprint density at radius 1 is 1.19 bits per heavy atom. The van der Waals surface area contributed by atoms with Crippen LogP contribution < -0.4 is 5.32 Å². The zero-order chi connectivity index (χ0) is 19.4. The van der Waals surface area contributed by atoms with Gasteiger partial charge in [0.05, 0.1) is 6.04 Å². The van der Waals surface area contributed by atoms with Crippen LogP contribution >= 0.6 is 11.6 Å². The van der Waals surface area contributed by atoms with Crippen LogP contribution in [-0.4, -0.2) is 26.1 Å². The van der Waals surface area contributed by atoms with Crippen LogP contribution in [0.3, 0.4) is 0 Å². The van der Waals surface area contributed by atoms with E-state index in [1.165, 1.54) is 16.9 Å². The number of hydrogen-bond donors (Lipinski definition) is 1. The summed E-state index contributed by atoms with van der Waals surface area (Å²) in [5, 5.41) is 15.9. The molecule has 6 nitrogen and oxygen atoms in total. The van der Waals surface area contributed by atoms with E-state index in [0.29, 0.717) is 17.3 Å². The monoisotopic (exact) mass is 387 g/mol. The van der Waals surface area contributed by atoms with Crippen LogP contribution in [-0.2, 0) is 4.79 Å². The van der Waals surface area contributed by atoms with Crippen LogP contribution in [0.1, 0.15) is 37.9 Å². The molecule has 0 radical (unpaired) electrons. The molecule has 2 aromatic carbocycles. The molecule has 0 bridgehead atoms. The number of carbonyl (C=O) groups is 1. The molecular weight excluding hydrogens is 369 g/mol. The summed E-state index contributed by atoms with van der Waals surface area (Å²) < 4.78 is 13.1. The molecule has 27 heavy (non-hydrogen) atoms. The lowest BCUT2D eigenvalue weighted by atomic mass is 10.1. The second kappa shape index (κ2) is 8.26. The first-order valence-corrected chi connectivity index (χ1v) is 8.97. The summed E-state index contributed by atoms with van der Waals surface area (Å²) in [6.45, 7) is 3.71. The van der Waals surface area contributed by atoms with E-state index in [4.69, 9.17) is 11.6 Å². The van der Waals surface area contributed by atoms with Crippen molar-refractivity contribution < 1.29 is 9.18 Å². The van der Waals surface area contributed by atoms with Gasteiger partial charge in [-0.2, -0.15) is 4.80 Å². The summed E-state index contributed by atoms with van der Waals surface area (Å²) in [4.78, 5) is 14.0. The highest BCUT2D eigenvalue weighted by molar-refractivity contribution is 6.30. The molecule has 8 heteroatoms. The Morgan fingerprint density at radius 3 is 2.48 bits per heavy atom. The first-order chi connectivity index (χ1) is 13.0. The molecule has 140 valence electrons. The first kappa shape index (κ1) is 19.0. The fraction of sp³-hybridized carbons (Fsp3) is 0.263. The molecule has 0 saturated carbocycles. The molecule has 0 aliphatic rings. The molecule has 0 aliphatic carbocycles. The molecule has 3 aromatic rings. The van der Waals surface area contributed by atoms with Crippen molar-refractivity contribution in [3.05, 3.63) is 64.9 Å². The average Bonchev–Trinajstić information content (AvgIpc) is 3.13. The SMILES string of the molecule is CCC(C(=O)NC(C)c1ccc(F)cc1)n1nnc(-c2ccc(Cl)cc2)n1. The Morgan fingerprint density at radius 2 is 1.85 bits per heavy atom. The molecule has 1 aromatic heterocycles. The predicted molar refractivity (Wildman–Crippen MR) is 101 cm³/mol. The maximum Gasteiger partial charge on any atom is 0.247 e. The van der Waals surface area contributed by atoms with Gasteiger partial charge >= 0.3 is 0 Å². The minimum absolute atomic E-state index is 0.227. The lowest BCUT2D eigenvalue weighted by Crippen LogP contribution is -2.35. The number of nitrogens with zero attached hydrogens (tertiary/aromatic N) is 4. The molecule has 2 atom stereocenters. The van der Waals surface area contributed by atoms with Crippen LogP contribution in [0, 0.1) is 5.82 Å². The standard InChI is InChI=1S/C19H19ClFN5O/c1-3-17(19(27)22-12(2)13-6-10-16(21)11-7-13)26-24-18(23-25-26)14-4-8-15(20)9-5-14/h4-12,17H,3H2,1-2H3,(H,22,27). The average molecular weight is 388 g/mol. The normalized spacial score (nSPS) is 13.2. The zero-order valence-corrected chi connectivity index (χ0v) is 15.7. The summed E-state index contributed by atoms with van der Waals surface area (Å²) >= 11 is 5.89. The smallest absolute Gasteiger partial charge is 0.247 e. The third-order valence-electron chi connectivity index (χ3n) is 4.23. The Balaban J connectivity index is 1.73. The van der Waals surface area contributed by atoms with Crippen LogP contribution in [0.5, 0.6) is 0 Å². The number of tetrazole rings is 1. The highest BCUT2D eigenvalue weighted by Gasteiger charge is 2.23. The number of nitrogens with one attached hydrogen (secondary N) is 1. The minimum atomic E-state index is -0.596. The maximum absolute atomic E-state index is 13.1. The molecule has 1 N–H and O–H groups in total. The number of halogens is 2. The summed E-state index contributed by atoms with van der Waals surface area (Å²) in [6.07, 6.45) is 0.498. The Kier molecular flexibility index (Phi) is 5.81. The largest absolute Gasteiger partial charge is 0.348 e. The van der Waals surface area contributed by atoms with Crippen LogP contribution in [0.2, 0.25) is 5.02 Å². The van der Waals surface area contributed by atoms with Gasteiger partial charge in [0, 0.05) is 10.6 Å². The van der Waals surface area contributed by atoms with Crippen molar-refractivity contribution in [1.82, 2.24) is 25.5 Å². The Hall–Kier alpha value is -2.80. The fourth-order valence-corrected chi connectivity index (χ4v) is 2.80. The van der Waals surface area contributed by atoms with Crippen molar-refractivity contribution in [3.8, 4) is 11.4 Å². The van der Waals surface area contributed by atoms with E-state index in [1.807, 2.05) is 13.8 Å². The molecule has 2 unspecified atom stereocenters. The number of amides is 1. The quantitative estimate of drug-likeness (QED) is 0.694. The van der Waals surface area contributed by atoms with Crippen molar-refractivity contribution in [2.45, 2.75) is 32.4 Å². The molecule has 3 rings (SSSR count). The highest BCUT2D eigenvalue weighted by Crippen LogP contribution is 2.19. The summed E-state index contributed by atoms with van der Waals surface area (Å²) in [5.41, 5.74) is 1.58. The highest BCUT2D eigenvalue weighted by atomic mass is 35.5. The number of hydrogen-bond acceptors (Lipinski definition) is 4. The zero-order valence-electron chi connectivity index (χ0n) is 14.9. The molecule has 0 spiro atoms. The van der Waals surface area contributed by atoms with E-state index in [0.717, 1.165) is 11.1 Å². The lowest BCUT2D eigenvalue weighted by Gasteiger charge is -2.18. The third kappa shape index (κ3) is 4.49. The summed E-state index contributed by atoms with van der Waals surface area (Å²) in [6, 6.07) is 12.2. The van der Waals surface area contributed by atoms with Gasteiger partial charge in [0.1, 0.15) is 5.82 Å². The van der Waals surface area contributed by atoms with Crippen LogP contribution in [0.25, 0.3) is 11.4 Å². The van der Waals surface area contributed by atoms with E-state index in [9.17, 15) is 9.18 Å². The minimum Gasteiger partial charge on any atom is -0.348 e. The number of rotatable bonds is 6. The van der Waals surface area contributed by atoms with Gasteiger partial charge in [0.15, 0.2) is 6.04 Å². The predicted octanol–water partition coefficient (Wildman–Crippen LogP) is 3.96. The molecule has 0 fully saturated rings. The molecule has 0 aliphatic heterocycles. The van der Waals surface area contributed by atoms with Gasteiger partial charge in [0.2, 0.25) is 11.7 Å². The first-order valence-electron chi connectivity index (χ1n) is 8.59. The summed E-state index contributed by atoms with van der Waals surface area (Å²) in [5.74, 6) is -0.121. The van der Waals surface area contributed by atoms with Crippen molar-refractivity contribution in [3.63, 3.8) is 0 Å².